The number of rotatable bonds is 5. The van der Waals surface area contributed by atoms with E-state index in [4.69, 9.17) is 0 Å². The van der Waals surface area contributed by atoms with E-state index in [2.05, 4.69) is 47.6 Å². The predicted octanol–water partition coefficient (Wildman–Crippen LogP) is 7.53. The molecule has 0 aliphatic heterocycles. The topological polar surface area (TPSA) is 40.5 Å². The van der Waals surface area contributed by atoms with Gasteiger partial charge in [0, 0.05) is 5.41 Å². The molecule has 4 aliphatic rings. The van der Waals surface area contributed by atoms with E-state index < -0.39 is 5.60 Å². The van der Waals surface area contributed by atoms with Gasteiger partial charge in [-0.3, -0.25) is 0 Å². The van der Waals surface area contributed by atoms with Crippen LogP contribution in [0.3, 0.4) is 0 Å². The summed E-state index contributed by atoms with van der Waals surface area (Å²) in [5.41, 5.74) is 2.21. The fourth-order valence-electron chi connectivity index (χ4n) is 9.69. The largest absolute Gasteiger partial charge is 0.392 e. The van der Waals surface area contributed by atoms with Crippen LogP contribution in [0.25, 0.3) is 0 Å². The van der Waals surface area contributed by atoms with E-state index in [9.17, 15) is 10.2 Å². The van der Waals surface area contributed by atoms with Gasteiger partial charge in [-0.25, -0.2) is 0 Å². The summed E-state index contributed by atoms with van der Waals surface area (Å²) in [5, 5.41) is 20.9. The lowest BCUT2D eigenvalue weighted by Gasteiger charge is -2.66. The van der Waals surface area contributed by atoms with Crippen LogP contribution in [-0.2, 0) is 0 Å². The predicted molar refractivity (Wildman–Crippen MR) is 134 cm³/mol. The maximum absolute atomic E-state index is 10.8. The van der Waals surface area contributed by atoms with E-state index in [0.717, 1.165) is 37.0 Å². The van der Waals surface area contributed by atoms with Crippen LogP contribution in [-0.4, -0.2) is 21.9 Å². The molecule has 8 atom stereocenters. The van der Waals surface area contributed by atoms with Gasteiger partial charge in [-0.1, -0.05) is 66.0 Å². The zero-order valence-electron chi connectivity index (χ0n) is 22.4. The van der Waals surface area contributed by atoms with Crippen molar-refractivity contribution in [3.8, 4) is 0 Å². The van der Waals surface area contributed by atoms with E-state index in [0.29, 0.717) is 22.2 Å². The summed E-state index contributed by atoms with van der Waals surface area (Å²) in [6.45, 7) is 18.9. The molecule has 0 radical (unpaired) electrons. The number of allylic oxidation sites excluding steroid dienone is 1. The highest BCUT2D eigenvalue weighted by Crippen LogP contribution is 2.75. The average molecular weight is 445 g/mol. The summed E-state index contributed by atoms with van der Waals surface area (Å²) in [4.78, 5) is 0. The fraction of sp³-hybridized carbons (Fsp3) is 0.933. The van der Waals surface area contributed by atoms with Gasteiger partial charge in [0.25, 0.3) is 0 Å². The van der Waals surface area contributed by atoms with E-state index in [1.165, 1.54) is 44.9 Å². The van der Waals surface area contributed by atoms with Gasteiger partial charge >= 0.3 is 0 Å². The van der Waals surface area contributed by atoms with Crippen LogP contribution in [0.4, 0.5) is 0 Å². The second kappa shape index (κ2) is 7.84. The Morgan fingerprint density at radius 3 is 2.34 bits per heavy atom. The van der Waals surface area contributed by atoms with Crippen molar-refractivity contribution in [2.75, 3.05) is 0 Å². The summed E-state index contributed by atoms with van der Waals surface area (Å²) in [6, 6.07) is 0. The van der Waals surface area contributed by atoms with Crippen molar-refractivity contribution in [3.05, 3.63) is 11.6 Å². The van der Waals surface area contributed by atoms with Crippen molar-refractivity contribution in [3.63, 3.8) is 0 Å². The van der Waals surface area contributed by atoms with Crippen molar-refractivity contribution in [1.29, 1.82) is 0 Å². The molecule has 4 rings (SSSR count). The van der Waals surface area contributed by atoms with Gasteiger partial charge < -0.3 is 10.2 Å². The van der Waals surface area contributed by atoms with Crippen molar-refractivity contribution in [1.82, 2.24) is 0 Å². The minimum Gasteiger partial charge on any atom is -0.392 e. The molecule has 0 amide bonds. The van der Waals surface area contributed by atoms with E-state index in [1.807, 2.05) is 13.8 Å². The van der Waals surface area contributed by atoms with Crippen molar-refractivity contribution in [2.45, 2.75) is 131 Å². The van der Waals surface area contributed by atoms with Gasteiger partial charge in [-0.15, -0.1) is 0 Å². The maximum atomic E-state index is 10.8. The normalized spacial score (nSPS) is 46.6. The SMILES string of the molecule is C[C@H](CCCC(C)(C)O)[C@H]1CC[C@@]2(C)[C@@H]3CC=C4C(CCC(O)C4(C)C)[C@]3(C)CC[C@]12C. The van der Waals surface area contributed by atoms with Gasteiger partial charge in [-0.05, 0) is 105 Å². The molecule has 0 spiro atoms. The standard InChI is InChI=1S/C30H52O2/c1-20(10-9-16-26(2,3)32)21-15-17-30(8)24-13-11-22-23(12-14-25(31)27(22,4)5)28(24,6)18-19-29(21,30)7/h11,20-21,23-25,31-32H,9-10,12-19H2,1-8H3/t20-,21-,23?,24-,25?,28+,29-,30+/m1/s1. The quantitative estimate of drug-likeness (QED) is 0.430. The number of aliphatic hydroxyl groups is 2. The lowest BCUT2D eigenvalue weighted by Crippen LogP contribution is -2.59. The third-order valence-electron chi connectivity index (χ3n) is 12.0. The summed E-state index contributed by atoms with van der Waals surface area (Å²) >= 11 is 0. The van der Waals surface area contributed by atoms with Crippen molar-refractivity contribution < 1.29 is 10.2 Å². The lowest BCUT2D eigenvalue weighted by atomic mass is 9.39. The molecular formula is C30H52O2. The smallest absolute Gasteiger partial charge is 0.0628 e. The third kappa shape index (κ3) is 3.57. The Bertz CT molecular complexity index is 744. The first-order valence-corrected chi connectivity index (χ1v) is 13.8. The second-order valence-electron chi connectivity index (χ2n) is 14.5. The first-order chi connectivity index (χ1) is 14.7. The number of aliphatic hydroxyl groups excluding tert-OH is 1. The van der Waals surface area contributed by atoms with E-state index in [1.54, 1.807) is 5.57 Å². The van der Waals surface area contributed by atoms with Gasteiger partial charge in [0.1, 0.15) is 0 Å². The van der Waals surface area contributed by atoms with Crippen LogP contribution < -0.4 is 0 Å². The molecule has 3 fully saturated rings. The number of hydrogen-bond donors (Lipinski definition) is 2. The van der Waals surface area contributed by atoms with E-state index in [-0.39, 0.29) is 11.5 Å². The average Bonchev–Trinajstić information content (AvgIpc) is 2.95. The Morgan fingerprint density at radius 2 is 1.69 bits per heavy atom. The highest BCUT2D eigenvalue weighted by molar-refractivity contribution is 5.30. The molecule has 0 bridgehead atoms. The summed E-state index contributed by atoms with van der Waals surface area (Å²) < 4.78 is 0. The molecule has 2 N–H and O–H groups in total. The Hall–Kier alpha value is -0.340. The molecule has 2 nitrogen and oxygen atoms in total. The monoisotopic (exact) mass is 444 g/mol. The second-order valence-corrected chi connectivity index (χ2v) is 14.5. The molecule has 184 valence electrons. The highest BCUT2D eigenvalue weighted by Gasteiger charge is 2.67. The Kier molecular flexibility index (Phi) is 6.07. The van der Waals surface area contributed by atoms with Crippen molar-refractivity contribution in [2.24, 2.45) is 45.3 Å². The zero-order valence-corrected chi connectivity index (χ0v) is 22.4. The molecule has 3 saturated carbocycles. The highest BCUT2D eigenvalue weighted by atomic mass is 16.3. The van der Waals surface area contributed by atoms with Gasteiger partial charge in [0.15, 0.2) is 0 Å². The molecule has 32 heavy (non-hydrogen) atoms. The summed E-state index contributed by atoms with van der Waals surface area (Å²) in [6.07, 6.45) is 14.5. The van der Waals surface area contributed by atoms with Gasteiger partial charge in [0.05, 0.1) is 11.7 Å². The van der Waals surface area contributed by atoms with Crippen LogP contribution in [0.5, 0.6) is 0 Å². The van der Waals surface area contributed by atoms with Gasteiger partial charge in [0.2, 0.25) is 0 Å². The molecule has 0 aromatic heterocycles. The molecule has 2 unspecified atom stereocenters. The Balaban J connectivity index is 1.58. The van der Waals surface area contributed by atoms with Crippen LogP contribution in [0.1, 0.15) is 120 Å². The molecule has 2 heteroatoms. The molecule has 4 aliphatic carbocycles. The number of hydrogen-bond acceptors (Lipinski definition) is 2. The fourth-order valence-corrected chi connectivity index (χ4v) is 9.69. The minimum absolute atomic E-state index is 0.0637. The lowest BCUT2D eigenvalue weighted by molar-refractivity contribution is -0.145. The molecule has 0 saturated heterocycles. The molecule has 0 aromatic rings. The zero-order chi connectivity index (χ0) is 23.7. The molecule has 0 aromatic carbocycles. The minimum atomic E-state index is -0.534. The third-order valence-corrected chi connectivity index (χ3v) is 12.0. The van der Waals surface area contributed by atoms with Crippen molar-refractivity contribution >= 4 is 0 Å². The van der Waals surface area contributed by atoms with Crippen LogP contribution in [0, 0.1) is 45.3 Å². The van der Waals surface area contributed by atoms with Crippen LogP contribution in [0.2, 0.25) is 0 Å². The molecular weight excluding hydrogens is 392 g/mol. The Morgan fingerprint density at radius 1 is 1.00 bits per heavy atom. The first kappa shape index (κ1) is 24.8. The summed E-state index contributed by atoms with van der Waals surface area (Å²) in [7, 11) is 0. The Labute approximate surface area is 198 Å². The first-order valence-electron chi connectivity index (χ1n) is 13.8. The van der Waals surface area contributed by atoms with Gasteiger partial charge in [-0.2, -0.15) is 0 Å². The maximum Gasteiger partial charge on any atom is 0.0628 e. The molecule has 0 heterocycles. The number of fused-ring (bicyclic) bond motifs is 5. The van der Waals surface area contributed by atoms with Crippen LogP contribution >= 0.6 is 0 Å². The van der Waals surface area contributed by atoms with Crippen LogP contribution in [0.15, 0.2) is 11.6 Å². The summed E-state index contributed by atoms with van der Waals surface area (Å²) in [5.74, 6) is 2.98. The van der Waals surface area contributed by atoms with E-state index >= 15 is 0 Å².